The molecule has 1 saturated heterocycles. The van der Waals surface area contributed by atoms with Crippen LogP contribution in [0.2, 0.25) is 0 Å². The Morgan fingerprint density at radius 2 is 2.04 bits per heavy atom. The molecule has 8 nitrogen and oxygen atoms in total. The van der Waals surface area contributed by atoms with Crippen LogP contribution in [0.4, 0.5) is 5.13 Å². The van der Waals surface area contributed by atoms with Gasteiger partial charge >= 0.3 is 0 Å². The van der Waals surface area contributed by atoms with Crippen molar-refractivity contribution >= 4 is 28.3 Å². The van der Waals surface area contributed by atoms with Gasteiger partial charge in [-0.2, -0.15) is 0 Å². The molecule has 1 aromatic carbocycles. The first kappa shape index (κ1) is 18.7. The zero-order chi connectivity index (χ0) is 19.5. The number of hydrogen-bond acceptors (Lipinski definition) is 7. The summed E-state index contributed by atoms with van der Waals surface area (Å²) >= 11 is 1.33. The van der Waals surface area contributed by atoms with Crippen LogP contribution in [0.25, 0.3) is 0 Å². The summed E-state index contributed by atoms with van der Waals surface area (Å²) < 4.78 is 10.8. The molecule has 0 bridgehead atoms. The summed E-state index contributed by atoms with van der Waals surface area (Å²) in [6.45, 7) is 5.31. The number of benzene rings is 1. The van der Waals surface area contributed by atoms with E-state index < -0.39 is 0 Å². The maximum Gasteiger partial charge on any atom is 0.281 e. The minimum absolute atomic E-state index is 0.189. The van der Waals surface area contributed by atoms with Crippen LogP contribution < -0.4 is 20.5 Å². The minimum atomic E-state index is -0.356. The topological polar surface area (TPSA) is 92.8 Å². The molecule has 1 aromatic heterocycles. The van der Waals surface area contributed by atoms with Gasteiger partial charge in [0, 0.05) is 19.5 Å². The minimum Gasteiger partial charge on any atom is -0.493 e. The van der Waals surface area contributed by atoms with Crippen LogP contribution in [-0.2, 0) is 22.4 Å². The molecule has 0 spiro atoms. The molecule has 9 heteroatoms. The molecule has 0 saturated carbocycles. The number of rotatable bonds is 4. The molecule has 0 unspecified atom stereocenters. The molecule has 28 heavy (non-hydrogen) atoms. The molecule has 0 radical (unpaired) electrons. The Bertz CT molecular complexity index is 892. The van der Waals surface area contributed by atoms with Crippen molar-refractivity contribution in [2.24, 2.45) is 0 Å². The fourth-order valence-corrected chi connectivity index (χ4v) is 4.26. The molecule has 148 valence electrons. The number of hydrogen-bond donors (Lipinski definition) is 2. The van der Waals surface area contributed by atoms with Gasteiger partial charge in [-0.25, -0.2) is 4.98 Å². The first-order valence-corrected chi connectivity index (χ1v) is 10.1. The number of thiazole rings is 1. The zero-order valence-corrected chi connectivity index (χ0v) is 16.4. The van der Waals surface area contributed by atoms with Crippen LogP contribution in [0.15, 0.2) is 18.2 Å². The van der Waals surface area contributed by atoms with Gasteiger partial charge in [0.25, 0.3) is 5.91 Å². The Morgan fingerprint density at radius 1 is 1.21 bits per heavy atom. The van der Waals surface area contributed by atoms with Gasteiger partial charge in [0.1, 0.15) is 10.6 Å². The van der Waals surface area contributed by atoms with Crippen LogP contribution in [0.5, 0.6) is 5.75 Å². The number of carbonyl (C=O) groups excluding carboxylic acids is 2. The number of morpholine rings is 1. The molecule has 2 aromatic rings. The van der Waals surface area contributed by atoms with E-state index in [0.717, 1.165) is 41.5 Å². The van der Waals surface area contributed by atoms with E-state index in [1.807, 2.05) is 18.2 Å². The van der Waals surface area contributed by atoms with Crippen molar-refractivity contribution < 1.29 is 19.1 Å². The molecule has 2 amide bonds. The van der Waals surface area contributed by atoms with Crippen molar-refractivity contribution in [3.05, 3.63) is 39.9 Å². The molecular weight excluding hydrogens is 380 g/mol. The number of aromatic nitrogens is 1. The average molecular weight is 402 g/mol. The molecule has 2 aliphatic rings. The van der Waals surface area contributed by atoms with Crippen molar-refractivity contribution in [1.82, 2.24) is 15.8 Å². The van der Waals surface area contributed by atoms with Crippen molar-refractivity contribution in [3.63, 3.8) is 0 Å². The largest absolute Gasteiger partial charge is 0.493 e. The van der Waals surface area contributed by atoms with Crippen molar-refractivity contribution in [2.75, 3.05) is 37.8 Å². The summed E-state index contributed by atoms with van der Waals surface area (Å²) in [5.74, 6) is 0.252. The van der Waals surface area contributed by atoms with E-state index in [1.165, 1.54) is 11.3 Å². The van der Waals surface area contributed by atoms with E-state index in [4.69, 9.17) is 9.47 Å². The van der Waals surface area contributed by atoms with E-state index in [9.17, 15) is 9.59 Å². The van der Waals surface area contributed by atoms with Gasteiger partial charge in [-0.15, -0.1) is 0 Å². The van der Waals surface area contributed by atoms with Crippen molar-refractivity contribution in [1.29, 1.82) is 0 Å². The predicted molar refractivity (Wildman–Crippen MR) is 105 cm³/mol. The standard InChI is InChI=1S/C19H22N4O4S/c1-12-17(28-19(20-12)23-5-8-26-9-6-23)18(25)22-21-16(24)11-13-2-3-15-14(10-13)4-7-27-15/h2-3,10H,4-9,11H2,1H3,(H,21,24)(H,22,25). The maximum atomic E-state index is 12.5. The number of hydrazine groups is 1. The summed E-state index contributed by atoms with van der Waals surface area (Å²) in [5.41, 5.74) is 7.64. The molecular formula is C19H22N4O4S. The van der Waals surface area contributed by atoms with E-state index >= 15 is 0 Å². The fraction of sp³-hybridized carbons (Fsp3) is 0.421. The van der Waals surface area contributed by atoms with Crippen LogP contribution in [-0.4, -0.2) is 49.7 Å². The van der Waals surface area contributed by atoms with Crippen LogP contribution in [0.1, 0.15) is 26.5 Å². The Morgan fingerprint density at radius 3 is 2.86 bits per heavy atom. The number of aryl methyl sites for hydroxylation is 1. The number of anilines is 1. The van der Waals surface area contributed by atoms with Gasteiger partial charge < -0.3 is 14.4 Å². The van der Waals surface area contributed by atoms with Crippen molar-refractivity contribution in [2.45, 2.75) is 19.8 Å². The number of amides is 2. The van der Waals surface area contributed by atoms with E-state index in [1.54, 1.807) is 6.92 Å². The highest BCUT2D eigenvalue weighted by Crippen LogP contribution is 2.27. The smallest absolute Gasteiger partial charge is 0.281 e. The second kappa shape index (κ2) is 8.15. The van der Waals surface area contributed by atoms with Gasteiger partial charge in [0.05, 0.1) is 31.9 Å². The van der Waals surface area contributed by atoms with Gasteiger partial charge in [-0.3, -0.25) is 20.4 Å². The highest BCUT2D eigenvalue weighted by molar-refractivity contribution is 7.17. The summed E-state index contributed by atoms with van der Waals surface area (Å²) in [6, 6.07) is 5.73. The Labute approximate surface area is 166 Å². The van der Waals surface area contributed by atoms with Gasteiger partial charge in [0.2, 0.25) is 5.91 Å². The van der Waals surface area contributed by atoms with Crippen LogP contribution in [0.3, 0.4) is 0 Å². The number of ether oxygens (including phenoxy) is 2. The second-order valence-electron chi connectivity index (χ2n) is 6.73. The third-order valence-electron chi connectivity index (χ3n) is 4.71. The average Bonchev–Trinajstić information content (AvgIpc) is 3.33. The Hall–Kier alpha value is -2.65. The summed E-state index contributed by atoms with van der Waals surface area (Å²) in [4.78, 5) is 31.7. The number of nitrogens with zero attached hydrogens (tertiary/aromatic N) is 2. The highest BCUT2D eigenvalue weighted by Gasteiger charge is 2.21. The Balaban J connectivity index is 1.32. The second-order valence-corrected chi connectivity index (χ2v) is 7.71. The van der Waals surface area contributed by atoms with Crippen LogP contribution >= 0.6 is 11.3 Å². The lowest BCUT2D eigenvalue weighted by molar-refractivity contribution is -0.121. The molecule has 2 N–H and O–H groups in total. The summed E-state index contributed by atoms with van der Waals surface area (Å²) in [6.07, 6.45) is 1.05. The Kier molecular flexibility index (Phi) is 5.45. The van der Waals surface area contributed by atoms with Crippen LogP contribution in [0, 0.1) is 6.92 Å². The quantitative estimate of drug-likeness (QED) is 0.748. The molecule has 1 fully saturated rings. The molecule has 0 aliphatic carbocycles. The number of nitrogens with one attached hydrogen (secondary N) is 2. The first-order chi connectivity index (χ1) is 13.6. The normalized spacial score (nSPS) is 15.7. The molecule has 2 aliphatic heterocycles. The highest BCUT2D eigenvalue weighted by atomic mass is 32.1. The number of fused-ring (bicyclic) bond motifs is 1. The lowest BCUT2D eigenvalue weighted by Gasteiger charge is -2.25. The third-order valence-corrected chi connectivity index (χ3v) is 5.92. The van der Waals surface area contributed by atoms with Gasteiger partial charge in [-0.05, 0) is 24.1 Å². The van der Waals surface area contributed by atoms with Gasteiger partial charge in [-0.1, -0.05) is 23.5 Å². The van der Waals surface area contributed by atoms with E-state index in [2.05, 4.69) is 20.7 Å². The SMILES string of the molecule is Cc1nc(N2CCOCC2)sc1C(=O)NNC(=O)Cc1ccc2c(c1)CCO2. The monoisotopic (exact) mass is 402 g/mol. The lowest BCUT2D eigenvalue weighted by atomic mass is 10.1. The lowest BCUT2D eigenvalue weighted by Crippen LogP contribution is -2.42. The van der Waals surface area contributed by atoms with Crippen molar-refractivity contribution in [3.8, 4) is 5.75 Å². The maximum absolute atomic E-state index is 12.5. The molecule has 3 heterocycles. The summed E-state index contributed by atoms with van der Waals surface area (Å²) in [5, 5.41) is 0.803. The first-order valence-electron chi connectivity index (χ1n) is 9.24. The third kappa shape index (κ3) is 4.10. The molecule has 0 atom stereocenters. The number of carbonyl (C=O) groups is 2. The van der Waals surface area contributed by atoms with Gasteiger partial charge in [0.15, 0.2) is 5.13 Å². The molecule has 4 rings (SSSR count). The van der Waals surface area contributed by atoms with E-state index in [0.29, 0.717) is 30.4 Å². The zero-order valence-electron chi connectivity index (χ0n) is 15.6. The fourth-order valence-electron chi connectivity index (χ4n) is 3.25. The summed E-state index contributed by atoms with van der Waals surface area (Å²) in [7, 11) is 0. The van der Waals surface area contributed by atoms with E-state index in [-0.39, 0.29) is 18.2 Å². The predicted octanol–water partition coefficient (Wildman–Crippen LogP) is 1.23.